The van der Waals surface area contributed by atoms with Crippen LogP contribution < -0.4 is 5.32 Å². The van der Waals surface area contributed by atoms with E-state index in [1.54, 1.807) is 0 Å². The maximum absolute atomic E-state index is 11.7. The van der Waals surface area contributed by atoms with Crippen molar-refractivity contribution in [2.75, 3.05) is 6.54 Å². The first-order valence-electron chi connectivity index (χ1n) is 6.78. The summed E-state index contributed by atoms with van der Waals surface area (Å²) in [6.07, 6.45) is 3.56. The number of aliphatic carboxylic acids is 1. The van der Waals surface area contributed by atoms with Gasteiger partial charge in [-0.15, -0.1) is 0 Å². The van der Waals surface area contributed by atoms with Crippen molar-refractivity contribution in [1.29, 1.82) is 0 Å². The van der Waals surface area contributed by atoms with Gasteiger partial charge in [0.25, 0.3) is 5.91 Å². The molecule has 0 fully saturated rings. The third kappa shape index (κ3) is 6.10. The number of amides is 1. The summed E-state index contributed by atoms with van der Waals surface area (Å²) in [7, 11) is 0. The highest BCUT2D eigenvalue weighted by molar-refractivity contribution is 6.29. The average Bonchev–Trinajstić information content (AvgIpc) is 2.82. The second kappa shape index (κ2) is 8.64. The summed E-state index contributed by atoms with van der Waals surface area (Å²) in [5.41, 5.74) is 0. The van der Waals surface area contributed by atoms with Crippen molar-refractivity contribution in [3.63, 3.8) is 0 Å². The number of furan rings is 1. The van der Waals surface area contributed by atoms with Gasteiger partial charge < -0.3 is 14.8 Å². The molecule has 6 heteroatoms. The van der Waals surface area contributed by atoms with Crippen LogP contribution in [0, 0.1) is 5.92 Å². The minimum absolute atomic E-state index is 0.173. The number of carbonyl (C=O) groups is 2. The summed E-state index contributed by atoms with van der Waals surface area (Å²) in [6.45, 7) is 2.57. The molecular formula is C14H20ClNO4. The molecule has 1 aromatic rings. The molecule has 2 N–H and O–H groups in total. The molecule has 0 aromatic carbocycles. The Morgan fingerprint density at radius 3 is 2.65 bits per heavy atom. The molecule has 0 saturated carbocycles. The van der Waals surface area contributed by atoms with Gasteiger partial charge in [0.2, 0.25) is 0 Å². The molecular weight excluding hydrogens is 282 g/mol. The largest absolute Gasteiger partial charge is 0.481 e. The number of hydrogen-bond donors (Lipinski definition) is 2. The third-order valence-corrected chi connectivity index (χ3v) is 3.30. The number of halogens is 1. The predicted octanol–water partition coefficient (Wildman–Crippen LogP) is 3.33. The zero-order valence-electron chi connectivity index (χ0n) is 11.5. The molecule has 0 saturated heterocycles. The fourth-order valence-corrected chi connectivity index (χ4v) is 2.23. The van der Waals surface area contributed by atoms with E-state index in [4.69, 9.17) is 21.1 Å². The summed E-state index contributed by atoms with van der Waals surface area (Å²) in [6, 6.07) is 3.04. The van der Waals surface area contributed by atoms with Gasteiger partial charge in [-0.3, -0.25) is 9.59 Å². The topological polar surface area (TPSA) is 79.5 Å². The van der Waals surface area contributed by atoms with Crippen LogP contribution in [0.5, 0.6) is 0 Å². The maximum Gasteiger partial charge on any atom is 0.303 e. The van der Waals surface area contributed by atoms with Crippen molar-refractivity contribution in [1.82, 2.24) is 5.32 Å². The molecule has 0 aliphatic carbocycles. The minimum atomic E-state index is -0.777. The first-order chi connectivity index (χ1) is 9.52. The smallest absolute Gasteiger partial charge is 0.303 e. The fourth-order valence-electron chi connectivity index (χ4n) is 2.08. The van der Waals surface area contributed by atoms with Crippen LogP contribution in [0.2, 0.25) is 5.22 Å². The van der Waals surface area contributed by atoms with Gasteiger partial charge in [-0.25, -0.2) is 0 Å². The highest BCUT2D eigenvalue weighted by Gasteiger charge is 2.13. The Morgan fingerprint density at radius 1 is 1.35 bits per heavy atom. The summed E-state index contributed by atoms with van der Waals surface area (Å²) >= 11 is 5.60. The van der Waals surface area contributed by atoms with E-state index < -0.39 is 5.97 Å². The third-order valence-electron chi connectivity index (χ3n) is 3.10. The minimum Gasteiger partial charge on any atom is -0.481 e. The van der Waals surface area contributed by atoms with Crippen LogP contribution in [-0.2, 0) is 4.79 Å². The van der Waals surface area contributed by atoms with Gasteiger partial charge in [0.15, 0.2) is 11.0 Å². The summed E-state index contributed by atoms with van der Waals surface area (Å²) in [5, 5.41) is 11.6. The molecule has 1 unspecified atom stereocenters. The quantitative estimate of drug-likeness (QED) is 0.733. The first kappa shape index (κ1) is 16.6. The highest BCUT2D eigenvalue weighted by atomic mass is 35.5. The summed E-state index contributed by atoms with van der Waals surface area (Å²) in [4.78, 5) is 22.3. The van der Waals surface area contributed by atoms with E-state index in [9.17, 15) is 9.59 Å². The van der Waals surface area contributed by atoms with E-state index in [-0.39, 0.29) is 23.3 Å². The Bertz CT molecular complexity index is 444. The molecule has 1 atom stereocenters. The number of nitrogens with one attached hydrogen (secondary N) is 1. The number of carboxylic acids is 1. The Morgan fingerprint density at radius 2 is 2.10 bits per heavy atom. The number of carbonyl (C=O) groups excluding carboxylic acids is 1. The van der Waals surface area contributed by atoms with Crippen LogP contribution in [0.1, 0.15) is 49.6 Å². The zero-order valence-corrected chi connectivity index (χ0v) is 12.3. The van der Waals surface area contributed by atoms with Gasteiger partial charge in [-0.05, 0) is 42.5 Å². The van der Waals surface area contributed by atoms with E-state index in [2.05, 4.69) is 12.2 Å². The lowest BCUT2D eigenvalue weighted by atomic mass is 9.94. The van der Waals surface area contributed by atoms with Gasteiger partial charge in [0, 0.05) is 13.0 Å². The van der Waals surface area contributed by atoms with Crippen molar-refractivity contribution in [3.8, 4) is 0 Å². The zero-order chi connectivity index (χ0) is 15.0. The fraction of sp³-hybridized carbons (Fsp3) is 0.571. The van der Waals surface area contributed by atoms with E-state index in [1.165, 1.54) is 12.1 Å². The van der Waals surface area contributed by atoms with E-state index in [0.717, 1.165) is 19.3 Å². The lowest BCUT2D eigenvalue weighted by molar-refractivity contribution is -0.137. The molecule has 1 heterocycles. The van der Waals surface area contributed by atoms with Crippen molar-refractivity contribution in [2.24, 2.45) is 5.92 Å². The van der Waals surface area contributed by atoms with E-state index in [0.29, 0.717) is 18.9 Å². The van der Waals surface area contributed by atoms with Crippen LogP contribution in [0.4, 0.5) is 0 Å². The average molecular weight is 302 g/mol. The maximum atomic E-state index is 11.7. The van der Waals surface area contributed by atoms with Crippen molar-refractivity contribution >= 4 is 23.5 Å². The van der Waals surface area contributed by atoms with Crippen LogP contribution in [-0.4, -0.2) is 23.5 Å². The predicted molar refractivity (Wildman–Crippen MR) is 75.9 cm³/mol. The van der Waals surface area contributed by atoms with Crippen LogP contribution >= 0.6 is 11.6 Å². The Labute approximate surface area is 123 Å². The normalized spacial score (nSPS) is 12.1. The van der Waals surface area contributed by atoms with Crippen molar-refractivity contribution in [3.05, 3.63) is 23.1 Å². The molecule has 0 spiro atoms. The lowest BCUT2D eigenvalue weighted by Gasteiger charge is -2.15. The molecule has 1 amide bonds. The molecule has 112 valence electrons. The SMILES string of the molecule is CCCC(CCNC(=O)c1ccc(Cl)o1)CCC(=O)O. The van der Waals surface area contributed by atoms with Crippen LogP contribution in [0.25, 0.3) is 0 Å². The molecule has 1 aromatic heterocycles. The van der Waals surface area contributed by atoms with Crippen LogP contribution in [0.3, 0.4) is 0 Å². The van der Waals surface area contributed by atoms with Crippen molar-refractivity contribution < 1.29 is 19.1 Å². The molecule has 20 heavy (non-hydrogen) atoms. The second-order valence-electron chi connectivity index (χ2n) is 4.74. The molecule has 5 nitrogen and oxygen atoms in total. The molecule has 0 bridgehead atoms. The summed E-state index contributed by atoms with van der Waals surface area (Å²) < 4.78 is 5.00. The molecule has 1 rings (SSSR count). The van der Waals surface area contributed by atoms with E-state index in [1.807, 2.05) is 0 Å². The lowest BCUT2D eigenvalue weighted by Crippen LogP contribution is -2.25. The number of carboxylic acid groups (broad SMARTS) is 1. The Balaban J connectivity index is 2.32. The molecule has 0 radical (unpaired) electrons. The monoisotopic (exact) mass is 301 g/mol. The number of hydrogen-bond acceptors (Lipinski definition) is 3. The van der Waals surface area contributed by atoms with Gasteiger partial charge >= 0.3 is 5.97 Å². The standard InChI is InChI=1S/C14H20ClNO4/c1-2-3-10(4-7-13(17)18)8-9-16-14(19)11-5-6-12(15)20-11/h5-6,10H,2-4,7-9H2,1H3,(H,16,19)(H,17,18). The van der Waals surface area contributed by atoms with Crippen molar-refractivity contribution in [2.45, 2.75) is 39.0 Å². The summed E-state index contributed by atoms with van der Waals surface area (Å²) in [5.74, 6) is -0.574. The van der Waals surface area contributed by atoms with E-state index >= 15 is 0 Å². The van der Waals surface area contributed by atoms with Gasteiger partial charge in [0.1, 0.15) is 0 Å². The van der Waals surface area contributed by atoms with Crippen LogP contribution in [0.15, 0.2) is 16.5 Å². The van der Waals surface area contributed by atoms with Gasteiger partial charge in [0.05, 0.1) is 0 Å². The molecule has 0 aliphatic rings. The Hall–Kier alpha value is -1.49. The number of rotatable bonds is 9. The first-order valence-corrected chi connectivity index (χ1v) is 7.16. The van der Waals surface area contributed by atoms with Gasteiger partial charge in [-0.2, -0.15) is 0 Å². The van der Waals surface area contributed by atoms with Gasteiger partial charge in [-0.1, -0.05) is 19.8 Å². The Kier molecular flexibility index (Phi) is 7.15. The highest BCUT2D eigenvalue weighted by Crippen LogP contribution is 2.17. The second-order valence-corrected chi connectivity index (χ2v) is 5.11. The molecule has 0 aliphatic heterocycles.